The number of thioether (sulfide) groups is 1. The predicted octanol–water partition coefficient (Wildman–Crippen LogP) is 0.277. The number of aromatic nitrogens is 1. The molecule has 1 heterocycles. The van der Waals surface area contributed by atoms with Crippen LogP contribution in [-0.2, 0) is 6.54 Å². The van der Waals surface area contributed by atoms with E-state index in [-0.39, 0.29) is 0 Å². The molecule has 0 aliphatic carbocycles. The van der Waals surface area contributed by atoms with Gasteiger partial charge in [0, 0.05) is 11.3 Å². The first-order valence-electron chi connectivity index (χ1n) is 8.27. The van der Waals surface area contributed by atoms with Gasteiger partial charge in [0.15, 0.2) is 6.54 Å². The van der Waals surface area contributed by atoms with E-state index < -0.39 is 10.2 Å². The van der Waals surface area contributed by atoms with Gasteiger partial charge in [-0.25, -0.2) is 18.6 Å². The number of nitrogens with zero attached hydrogens (tertiary/aromatic N) is 1. The van der Waals surface area contributed by atoms with Crippen molar-refractivity contribution in [2.75, 3.05) is 5.75 Å². The standard InChI is InChI=1S/C19H20NOS.ClHO4/c1-3-20-17(15-11-7-5-8-12-15)18(21-19(20)22-4-2)16-13-9-6-10-14-16;2-1(3,4)5/h5-14H,3-4H2,1-2H3;(H,2,3,4,5)/q+1;/p-1. The van der Waals surface area contributed by atoms with Crippen LogP contribution in [0.2, 0.25) is 0 Å². The van der Waals surface area contributed by atoms with Crippen LogP contribution >= 0.6 is 11.8 Å². The molecule has 3 rings (SSSR count). The summed E-state index contributed by atoms with van der Waals surface area (Å²) in [5.41, 5.74) is 3.46. The maximum atomic E-state index is 8.49. The Morgan fingerprint density at radius 3 is 1.78 bits per heavy atom. The van der Waals surface area contributed by atoms with Crippen molar-refractivity contribution in [3.8, 4) is 22.6 Å². The average molecular weight is 410 g/mol. The number of rotatable bonds is 5. The van der Waals surface area contributed by atoms with Crippen molar-refractivity contribution in [2.45, 2.75) is 25.6 Å². The van der Waals surface area contributed by atoms with Crippen LogP contribution < -0.4 is 23.2 Å². The largest absolute Gasteiger partial charge is 0.412 e. The van der Waals surface area contributed by atoms with Crippen LogP contribution in [0.15, 0.2) is 70.3 Å². The monoisotopic (exact) mass is 409 g/mol. The molecular formula is C19H20ClNO5S. The molecular weight excluding hydrogens is 390 g/mol. The molecule has 0 N–H and O–H groups in total. The molecule has 1 aromatic heterocycles. The highest BCUT2D eigenvalue weighted by molar-refractivity contribution is 7.98. The first kappa shape index (κ1) is 21.4. The van der Waals surface area contributed by atoms with Crippen LogP contribution in [0.3, 0.4) is 0 Å². The summed E-state index contributed by atoms with van der Waals surface area (Å²) in [6, 6.07) is 20.8. The lowest BCUT2D eigenvalue weighted by Gasteiger charge is -2.17. The summed E-state index contributed by atoms with van der Waals surface area (Å²) in [5.74, 6) is 1.94. The molecule has 0 unspecified atom stereocenters. The van der Waals surface area contributed by atoms with Crippen LogP contribution in [0.1, 0.15) is 13.8 Å². The van der Waals surface area contributed by atoms with E-state index in [4.69, 9.17) is 23.1 Å². The van der Waals surface area contributed by atoms with E-state index in [1.165, 1.54) is 5.56 Å². The van der Waals surface area contributed by atoms with E-state index in [2.05, 4.69) is 66.9 Å². The lowest BCUT2D eigenvalue weighted by atomic mass is 10.1. The maximum absolute atomic E-state index is 8.49. The van der Waals surface area contributed by atoms with Crippen molar-refractivity contribution < 1.29 is 37.9 Å². The molecule has 2 aromatic carbocycles. The van der Waals surface area contributed by atoms with Crippen molar-refractivity contribution >= 4 is 11.8 Å². The number of hydrogen-bond acceptors (Lipinski definition) is 6. The van der Waals surface area contributed by atoms with E-state index in [1.54, 1.807) is 11.8 Å². The lowest BCUT2D eigenvalue weighted by molar-refractivity contribution is -2.00. The van der Waals surface area contributed by atoms with E-state index in [9.17, 15) is 0 Å². The molecule has 0 saturated carbocycles. The van der Waals surface area contributed by atoms with E-state index in [1.807, 2.05) is 12.1 Å². The summed E-state index contributed by atoms with van der Waals surface area (Å²) in [6.07, 6.45) is 0. The van der Waals surface area contributed by atoms with E-state index in [0.717, 1.165) is 34.5 Å². The van der Waals surface area contributed by atoms with Crippen LogP contribution in [0.25, 0.3) is 22.6 Å². The molecule has 0 fully saturated rings. The zero-order valence-electron chi connectivity index (χ0n) is 15.0. The van der Waals surface area contributed by atoms with Crippen molar-refractivity contribution in [2.24, 2.45) is 0 Å². The number of benzene rings is 2. The Hall–Kier alpha value is -1.87. The molecule has 0 atom stereocenters. The Labute approximate surface area is 164 Å². The molecule has 0 spiro atoms. The molecule has 27 heavy (non-hydrogen) atoms. The third-order valence-corrected chi connectivity index (χ3v) is 4.40. The highest BCUT2D eigenvalue weighted by Gasteiger charge is 2.29. The smallest absolute Gasteiger partial charge is 0.392 e. The summed E-state index contributed by atoms with van der Waals surface area (Å²) in [7, 11) is -4.94. The maximum Gasteiger partial charge on any atom is 0.412 e. The van der Waals surface area contributed by atoms with Crippen LogP contribution in [-0.4, -0.2) is 5.75 Å². The molecule has 144 valence electrons. The Bertz CT molecular complexity index is 829. The van der Waals surface area contributed by atoms with E-state index in [0.29, 0.717) is 0 Å². The lowest BCUT2D eigenvalue weighted by Crippen LogP contribution is -2.68. The quantitative estimate of drug-likeness (QED) is 0.442. The number of oxazole rings is 1. The highest BCUT2D eigenvalue weighted by atomic mass is 35.7. The molecule has 0 saturated heterocycles. The van der Waals surface area contributed by atoms with Crippen molar-refractivity contribution in [1.82, 2.24) is 0 Å². The van der Waals surface area contributed by atoms with Crippen LogP contribution in [0, 0.1) is 10.2 Å². The fourth-order valence-electron chi connectivity index (χ4n) is 2.59. The summed E-state index contributed by atoms with van der Waals surface area (Å²) in [6.45, 7) is 5.21. The van der Waals surface area contributed by atoms with Gasteiger partial charge in [0.05, 0.1) is 5.56 Å². The summed E-state index contributed by atoms with van der Waals surface area (Å²) >= 11 is 1.75. The van der Waals surface area contributed by atoms with Gasteiger partial charge in [0.1, 0.15) is 0 Å². The van der Waals surface area contributed by atoms with Gasteiger partial charge in [0.25, 0.3) is 5.69 Å². The summed E-state index contributed by atoms with van der Waals surface area (Å²) in [5, 5.41) is 0.975. The molecule has 3 aromatic rings. The minimum atomic E-state index is -4.94. The predicted molar refractivity (Wildman–Crippen MR) is 91.8 cm³/mol. The molecule has 0 bridgehead atoms. The molecule has 6 nitrogen and oxygen atoms in total. The molecule has 0 aliphatic rings. The molecule has 0 aliphatic heterocycles. The van der Waals surface area contributed by atoms with Gasteiger partial charge < -0.3 is 4.42 Å². The van der Waals surface area contributed by atoms with Gasteiger partial charge in [-0.3, -0.25) is 0 Å². The normalized spacial score (nSPS) is 11.0. The van der Waals surface area contributed by atoms with E-state index >= 15 is 0 Å². The van der Waals surface area contributed by atoms with Gasteiger partial charge in [-0.1, -0.05) is 55.5 Å². The van der Waals surface area contributed by atoms with Crippen molar-refractivity contribution in [1.29, 1.82) is 0 Å². The topological polar surface area (TPSA) is 109 Å². The Kier molecular flexibility index (Phi) is 7.85. The first-order valence-corrected chi connectivity index (χ1v) is 10.5. The van der Waals surface area contributed by atoms with Gasteiger partial charge in [0.2, 0.25) is 5.76 Å². The fraction of sp³-hybridized carbons (Fsp3) is 0.211. The zero-order chi connectivity index (χ0) is 19.9. The molecule has 8 heteroatoms. The van der Waals surface area contributed by atoms with Crippen LogP contribution in [0.5, 0.6) is 0 Å². The van der Waals surface area contributed by atoms with Crippen molar-refractivity contribution in [3.63, 3.8) is 0 Å². The second-order valence-corrected chi connectivity index (χ2v) is 7.30. The van der Waals surface area contributed by atoms with Crippen molar-refractivity contribution in [3.05, 3.63) is 60.7 Å². The second-order valence-electron chi connectivity index (χ2n) is 5.33. The second kappa shape index (κ2) is 9.89. The highest BCUT2D eigenvalue weighted by Crippen LogP contribution is 2.34. The number of hydrogen-bond donors (Lipinski definition) is 0. The zero-order valence-corrected chi connectivity index (χ0v) is 16.5. The molecule has 0 radical (unpaired) electrons. The minimum absolute atomic E-state index is 0.892. The third-order valence-electron chi connectivity index (χ3n) is 3.56. The fourth-order valence-corrected chi connectivity index (χ4v) is 3.36. The van der Waals surface area contributed by atoms with Gasteiger partial charge in [-0.05, 0) is 30.8 Å². The number of halogens is 1. The van der Waals surface area contributed by atoms with Gasteiger partial charge in [-0.15, -0.1) is 10.2 Å². The van der Waals surface area contributed by atoms with Gasteiger partial charge >= 0.3 is 5.22 Å². The van der Waals surface area contributed by atoms with Gasteiger partial charge in [-0.2, -0.15) is 4.57 Å². The summed E-state index contributed by atoms with van der Waals surface area (Å²) < 4.78 is 42.5. The summed E-state index contributed by atoms with van der Waals surface area (Å²) in [4.78, 5) is 0. The average Bonchev–Trinajstić information content (AvgIpc) is 3.00. The Morgan fingerprint density at radius 1 is 0.852 bits per heavy atom. The minimum Gasteiger partial charge on any atom is -0.392 e. The Balaban J connectivity index is 0.000000465. The Morgan fingerprint density at radius 2 is 1.33 bits per heavy atom. The molecule has 0 amide bonds. The SMILES string of the molecule is CCSc1oc(-c2ccccc2)c(-c2ccccc2)[n+]1CC.[O-][Cl+3]([O-])([O-])[O-]. The third kappa shape index (κ3) is 6.35. The van der Waals surface area contributed by atoms with Crippen LogP contribution in [0.4, 0.5) is 0 Å². The first-order chi connectivity index (χ1) is 12.8.